The standard InChI is InChI=1S/C13H21NO2/c1-2-16-9-4-3-8-14-11-12-6-5-7-13(15)10-12/h5-7,10,14-15H,2-4,8-9,11H2,1H3. The van der Waals surface area contributed by atoms with E-state index in [0.717, 1.165) is 44.7 Å². The van der Waals surface area contributed by atoms with E-state index < -0.39 is 0 Å². The Morgan fingerprint density at radius 2 is 2.19 bits per heavy atom. The lowest BCUT2D eigenvalue weighted by atomic mass is 10.2. The average Bonchev–Trinajstić information content (AvgIpc) is 2.28. The largest absolute Gasteiger partial charge is 0.508 e. The van der Waals surface area contributed by atoms with Crippen LogP contribution in [0.3, 0.4) is 0 Å². The van der Waals surface area contributed by atoms with Crippen molar-refractivity contribution >= 4 is 0 Å². The predicted octanol–water partition coefficient (Wildman–Crippen LogP) is 2.30. The second-order valence-electron chi connectivity index (χ2n) is 3.75. The summed E-state index contributed by atoms with van der Waals surface area (Å²) in [6.07, 6.45) is 2.22. The topological polar surface area (TPSA) is 41.5 Å². The molecule has 3 nitrogen and oxygen atoms in total. The third kappa shape index (κ3) is 5.73. The number of phenolic OH excluding ortho intramolecular Hbond substituents is 1. The fourth-order valence-electron chi connectivity index (χ4n) is 1.50. The van der Waals surface area contributed by atoms with Gasteiger partial charge in [-0.1, -0.05) is 12.1 Å². The number of ether oxygens (including phenoxy) is 1. The lowest BCUT2D eigenvalue weighted by Gasteiger charge is -2.05. The van der Waals surface area contributed by atoms with Crippen LogP contribution in [-0.2, 0) is 11.3 Å². The second kappa shape index (κ2) is 8.13. The zero-order valence-corrected chi connectivity index (χ0v) is 9.91. The van der Waals surface area contributed by atoms with Gasteiger partial charge in [0.2, 0.25) is 0 Å². The van der Waals surface area contributed by atoms with Crippen LogP contribution in [0.25, 0.3) is 0 Å². The highest BCUT2D eigenvalue weighted by Crippen LogP contribution is 2.10. The molecule has 0 heterocycles. The number of hydrogen-bond donors (Lipinski definition) is 2. The molecule has 0 fully saturated rings. The summed E-state index contributed by atoms with van der Waals surface area (Å²) >= 11 is 0. The van der Waals surface area contributed by atoms with E-state index in [1.165, 1.54) is 0 Å². The minimum atomic E-state index is 0.329. The molecular formula is C13H21NO2. The van der Waals surface area contributed by atoms with E-state index in [-0.39, 0.29) is 0 Å². The van der Waals surface area contributed by atoms with Crippen LogP contribution in [-0.4, -0.2) is 24.9 Å². The van der Waals surface area contributed by atoms with Crippen molar-refractivity contribution < 1.29 is 9.84 Å². The molecular weight excluding hydrogens is 202 g/mol. The Morgan fingerprint density at radius 1 is 1.31 bits per heavy atom. The van der Waals surface area contributed by atoms with E-state index in [0.29, 0.717) is 5.75 Å². The molecule has 1 rings (SSSR count). The first-order valence-corrected chi connectivity index (χ1v) is 5.89. The van der Waals surface area contributed by atoms with Crippen LogP contribution < -0.4 is 5.32 Å². The van der Waals surface area contributed by atoms with Crippen molar-refractivity contribution in [3.63, 3.8) is 0 Å². The molecule has 0 amide bonds. The zero-order chi connectivity index (χ0) is 11.6. The first-order valence-electron chi connectivity index (χ1n) is 5.89. The van der Waals surface area contributed by atoms with Crippen molar-refractivity contribution in [2.24, 2.45) is 0 Å². The molecule has 0 aliphatic heterocycles. The molecule has 1 aromatic carbocycles. The predicted molar refractivity (Wildman–Crippen MR) is 65.5 cm³/mol. The Labute approximate surface area is 97.4 Å². The van der Waals surface area contributed by atoms with E-state index in [4.69, 9.17) is 4.74 Å². The molecule has 3 heteroatoms. The summed E-state index contributed by atoms with van der Waals surface area (Å²) in [7, 11) is 0. The molecule has 0 aromatic heterocycles. The van der Waals surface area contributed by atoms with E-state index in [2.05, 4.69) is 5.32 Å². The van der Waals surface area contributed by atoms with Gasteiger partial charge in [0.15, 0.2) is 0 Å². The molecule has 0 aliphatic carbocycles. The summed E-state index contributed by atoms with van der Waals surface area (Å²) in [5.74, 6) is 0.329. The number of unbranched alkanes of at least 4 members (excludes halogenated alkanes) is 1. The molecule has 0 saturated heterocycles. The molecule has 2 N–H and O–H groups in total. The number of phenols is 1. The third-order valence-corrected chi connectivity index (χ3v) is 2.34. The van der Waals surface area contributed by atoms with Gasteiger partial charge in [-0.05, 0) is 44.0 Å². The minimum Gasteiger partial charge on any atom is -0.508 e. The Kier molecular flexibility index (Phi) is 6.61. The quantitative estimate of drug-likeness (QED) is 0.664. The van der Waals surface area contributed by atoms with Gasteiger partial charge in [0, 0.05) is 19.8 Å². The van der Waals surface area contributed by atoms with E-state index in [9.17, 15) is 5.11 Å². The van der Waals surface area contributed by atoms with E-state index in [1.54, 1.807) is 12.1 Å². The zero-order valence-electron chi connectivity index (χ0n) is 9.91. The van der Waals surface area contributed by atoms with Crippen molar-refractivity contribution in [3.05, 3.63) is 29.8 Å². The van der Waals surface area contributed by atoms with Crippen LogP contribution in [0.1, 0.15) is 25.3 Å². The van der Waals surface area contributed by atoms with E-state index in [1.807, 2.05) is 19.1 Å². The lowest BCUT2D eigenvalue weighted by molar-refractivity contribution is 0.143. The summed E-state index contributed by atoms with van der Waals surface area (Å²) in [5, 5.41) is 12.6. The molecule has 16 heavy (non-hydrogen) atoms. The molecule has 0 atom stereocenters. The molecule has 0 bridgehead atoms. The minimum absolute atomic E-state index is 0.329. The van der Waals surface area contributed by atoms with Crippen LogP contribution in [0.5, 0.6) is 5.75 Å². The lowest BCUT2D eigenvalue weighted by Crippen LogP contribution is -2.15. The highest BCUT2D eigenvalue weighted by atomic mass is 16.5. The van der Waals surface area contributed by atoms with Gasteiger partial charge < -0.3 is 15.2 Å². The smallest absolute Gasteiger partial charge is 0.115 e. The van der Waals surface area contributed by atoms with Gasteiger partial charge in [0.05, 0.1) is 0 Å². The summed E-state index contributed by atoms with van der Waals surface area (Å²) in [4.78, 5) is 0. The maximum Gasteiger partial charge on any atom is 0.115 e. The summed E-state index contributed by atoms with van der Waals surface area (Å²) in [6.45, 7) is 5.47. The molecule has 0 aliphatic rings. The van der Waals surface area contributed by atoms with Crippen molar-refractivity contribution in [3.8, 4) is 5.75 Å². The van der Waals surface area contributed by atoms with Gasteiger partial charge in [-0.15, -0.1) is 0 Å². The van der Waals surface area contributed by atoms with Gasteiger partial charge in [-0.2, -0.15) is 0 Å². The summed E-state index contributed by atoms with van der Waals surface area (Å²) in [5.41, 5.74) is 1.12. The van der Waals surface area contributed by atoms with Crippen molar-refractivity contribution in [1.82, 2.24) is 5.32 Å². The van der Waals surface area contributed by atoms with Gasteiger partial charge in [-0.25, -0.2) is 0 Å². The summed E-state index contributed by atoms with van der Waals surface area (Å²) in [6, 6.07) is 7.34. The number of aromatic hydroxyl groups is 1. The Balaban J connectivity index is 2.03. The second-order valence-corrected chi connectivity index (χ2v) is 3.75. The monoisotopic (exact) mass is 223 g/mol. The maximum absolute atomic E-state index is 9.27. The third-order valence-electron chi connectivity index (χ3n) is 2.34. The molecule has 0 saturated carbocycles. The van der Waals surface area contributed by atoms with Crippen LogP contribution in [0.2, 0.25) is 0 Å². The van der Waals surface area contributed by atoms with Gasteiger partial charge in [0.1, 0.15) is 5.75 Å². The molecule has 1 aromatic rings. The molecule has 90 valence electrons. The molecule has 0 unspecified atom stereocenters. The average molecular weight is 223 g/mol. The van der Waals surface area contributed by atoms with Gasteiger partial charge >= 0.3 is 0 Å². The maximum atomic E-state index is 9.27. The fourth-order valence-corrected chi connectivity index (χ4v) is 1.50. The van der Waals surface area contributed by atoms with Crippen LogP contribution in [0, 0.1) is 0 Å². The van der Waals surface area contributed by atoms with Crippen LogP contribution in [0.4, 0.5) is 0 Å². The van der Waals surface area contributed by atoms with Gasteiger partial charge in [0.25, 0.3) is 0 Å². The summed E-state index contributed by atoms with van der Waals surface area (Å²) < 4.78 is 5.25. The van der Waals surface area contributed by atoms with Crippen LogP contribution in [0.15, 0.2) is 24.3 Å². The number of rotatable bonds is 8. The Morgan fingerprint density at radius 3 is 2.94 bits per heavy atom. The van der Waals surface area contributed by atoms with Crippen molar-refractivity contribution in [1.29, 1.82) is 0 Å². The van der Waals surface area contributed by atoms with Crippen molar-refractivity contribution in [2.45, 2.75) is 26.3 Å². The Hall–Kier alpha value is -1.06. The first-order chi connectivity index (χ1) is 7.83. The SMILES string of the molecule is CCOCCCCNCc1cccc(O)c1. The van der Waals surface area contributed by atoms with Crippen LogP contribution >= 0.6 is 0 Å². The number of nitrogens with one attached hydrogen (secondary N) is 1. The normalized spacial score (nSPS) is 10.6. The number of benzene rings is 1. The molecule has 0 radical (unpaired) electrons. The van der Waals surface area contributed by atoms with Gasteiger partial charge in [-0.3, -0.25) is 0 Å². The molecule has 0 spiro atoms. The first kappa shape index (κ1) is 13.0. The Bertz CT molecular complexity index is 289. The number of hydrogen-bond acceptors (Lipinski definition) is 3. The highest BCUT2D eigenvalue weighted by molar-refractivity contribution is 5.26. The van der Waals surface area contributed by atoms with Crippen molar-refractivity contribution in [2.75, 3.05) is 19.8 Å². The highest BCUT2D eigenvalue weighted by Gasteiger charge is 1.94. The fraction of sp³-hybridized carbons (Fsp3) is 0.538. The van der Waals surface area contributed by atoms with E-state index >= 15 is 0 Å².